The fraction of sp³-hybridized carbons (Fsp3) is 0. The number of hydrogen-bond acceptors (Lipinski definition) is 3. The van der Waals surface area contributed by atoms with E-state index in [9.17, 15) is 0 Å². The molecule has 0 atom stereocenters. The van der Waals surface area contributed by atoms with Crippen LogP contribution in [-0.2, 0) is 0 Å². The molecule has 61 valence electrons. The van der Waals surface area contributed by atoms with Crippen molar-refractivity contribution in [2.75, 3.05) is 0 Å². The van der Waals surface area contributed by atoms with Crippen LogP contribution in [0.5, 0.6) is 0 Å². The van der Waals surface area contributed by atoms with Crippen LogP contribution in [0.4, 0.5) is 0 Å². The summed E-state index contributed by atoms with van der Waals surface area (Å²) in [7, 11) is 0. The molecule has 1 heterocycles. The van der Waals surface area contributed by atoms with E-state index in [1.54, 1.807) is 12.5 Å². The molecule has 0 saturated carbocycles. The van der Waals surface area contributed by atoms with Crippen LogP contribution in [0.2, 0.25) is 0 Å². The van der Waals surface area contributed by atoms with Crippen LogP contribution >= 0.6 is 0 Å². The molecule has 0 fully saturated rings. The lowest BCUT2D eigenvalue weighted by molar-refractivity contribution is 0.448. The van der Waals surface area contributed by atoms with Gasteiger partial charge in [-0.25, -0.2) is 0 Å². The van der Waals surface area contributed by atoms with Gasteiger partial charge in [-0.3, -0.25) is 0 Å². The van der Waals surface area contributed by atoms with Crippen LogP contribution in [0.15, 0.2) is 41.2 Å². The van der Waals surface area contributed by atoms with Gasteiger partial charge in [-0.2, -0.15) is 0 Å². The molecular formula is C8H8BO3. The molecule has 1 aliphatic heterocycles. The molecule has 1 aliphatic carbocycles. The van der Waals surface area contributed by atoms with Crippen LogP contribution < -0.4 is 0 Å². The summed E-state index contributed by atoms with van der Waals surface area (Å²) in [6.45, 7) is 0. The van der Waals surface area contributed by atoms with Crippen molar-refractivity contribution in [3.63, 3.8) is 0 Å². The second kappa shape index (κ2) is 4.59. The molecule has 1 radical (unpaired) electrons. The Kier molecular flexibility index (Phi) is 3.38. The molecule has 2 N–H and O–H groups in total. The molecule has 2 aliphatic rings. The van der Waals surface area contributed by atoms with Crippen LogP contribution in [0.1, 0.15) is 0 Å². The summed E-state index contributed by atoms with van der Waals surface area (Å²) in [4.78, 5) is 0. The summed E-state index contributed by atoms with van der Waals surface area (Å²) < 4.78 is 4.95. The fourth-order valence-electron chi connectivity index (χ4n) is 0.932. The van der Waals surface area contributed by atoms with Crippen LogP contribution in [-0.4, -0.2) is 17.7 Å². The first-order valence-electron chi connectivity index (χ1n) is 3.39. The van der Waals surface area contributed by atoms with Gasteiger partial charge < -0.3 is 14.5 Å². The maximum absolute atomic E-state index is 7.00. The lowest BCUT2D eigenvalue weighted by atomic mass is 10.2. The minimum atomic E-state index is 0. The van der Waals surface area contributed by atoms with Crippen LogP contribution in [0.3, 0.4) is 0 Å². The van der Waals surface area contributed by atoms with E-state index < -0.39 is 0 Å². The Bertz CT molecular complexity index is 267. The summed E-state index contributed by atoms with van der Waals surface area (Å²) in [6, 6.07) is 8.05. The van der Waals surface area contributed by atoms with E-state index in [0.29, 0.717) is 0 Å². The Morgan fingerprint density at radius 2 is 1.75 bits per heavy atom. The fourth-order valence-corrected chi connectivity index (χ4v) is 0.932. The van der Waals surface area contributed by atoms with Gasteiger partial charge in [-0.15, -0.1) is 0 Å². The van der Waals surface area contributed by atoms with Crippen molar-refractivity contribution >= 4 is 7.69 Å². The highest BCUT2D eigenvalue weighted by Crippen LogP contribution is 2.20. The van der Waals surface area contributed by atoms with Gasteiger partial charge in [0.15, 0.2) is 0 Å². The molecule has 0 bridgehead atoms. The molecule has 0 spiro atoms. The first-order valence-corrected chi connectivity index (χ1v) is 3.39. The molecule has 0 unspecified atom stereocenters. The zero-order valence-corrected chi connectivity index (χ0v) is 6.34. The third-order valence-electron chi connectivity index (χ3n) is 1.41. The minimum Gasteiger partial charge on any atom is -0.472 e. The molecule has 12 heavy (non-hydrogen) atoms. The zero-order valence-electron chi connectivity index (χ0n) is 6.34. The molecular weight excluding hydrogens is 155 g/mol. The normalized spacial score (nSPS) is 8.83. The van der Waals surface area contributed by atoms with E-state index in [4.69, 9.17) is 14.5 Å². The number of rotatable bonds is 0. The molecule has 0 aromatic heterocycles. The molecule has 2 rings (SSSR count). The molecule has 4 heteroatoms. The first kappa shape index (κ1) is 8.84. The van der Waals surface area contributed by atoms with E-state index in [1.807, 2.05) is 18.2 Å². The maximum Gasteiger partial charge on any atom is 0.482 e. The Hall–Kier alpha value is -1.26. The van der Waals surface area contributed by atoms with Gasteiger partial charge in [-0.1, -0.05) is 18.2 Å². The van der Waals surface area contributed by atoms with Crippen molar-refractivity contribution in [3.05, 3.63) is 36.8 Å². The zero-order chi connectivity index (χ0) is 8.81. The molecule has 0 saturated heterocycles. The summed E-state index contributed by atoms with van der Waals surface area (Å²) in [5, 5.41) is 14.0. The van der Waals surface area contributed by atoms with Gasteiger partial charge >= 0.3 is 7.69 Å². The predicted octanol–water partition coefficient (Wildman–Crippen LogP) is 0.890. The minimum absolute atomic E-state index is 0. The van der Waals surface area contributed by atoms with Crippen molar-refractivity contribution in [1.29, 1.82) is 0 Å². The number of hydrogen-bond donors (Lipinski definition) is 2. The summed E-state index contributed by atoms with van der Waals surface area (Å²) in [5.41, 5.74) is 2.40. The summed E-state index contributed by atoms with van der Waals surface area (Å²) in [6.07, 6.45) is 3.43. The van der Waals surface area contributed by atoms with E-state index in [1.165, 1.54) is 5.56 Å². The Labute approximate surface area is 70.9 Å². The van der Waals surface area contributed by atoms with E-state index in [0.717, 1.165) is 5.56 Å². The van der Waals surface area contributed by atoms with E-state index >= 15 is 0 Å². The van der Waals surface area contributed by atoms with E-state index in [2.05, 4.69) is 6.07 Å². The second-order valence-electron chi connectivity index (χ2n) is 2.11. The van der Waals surface area contributed by atoms with Crippen molar-refractivity contribution in [2.45, 2.75) is 0 Å². The lowest BCUT2D eigenvalue weighted by Crippen LogP contribution is -1.75. The van der Waals surface area contributed by atoms with E-state index in [-0.39, 0.29) is 7.69 Å². The van der Waals surface area contributed by atoms with Crippen LogP contribution in [0, 0.1) is 0 Å². The predicted molar refractivity (Wildman–Crippen MR) is 45.5 cm³/mol. The topological polar surface area (TPSA) is 53.6 Å². The largest absolute Gasteiger partial charge is 0.482 e. The molecule has 3 nitrogen and oxygen atoms in total. The van der Waals surface area contributed by atoms with Gasteiger partial charge in [0.1, 0.15) is 0 Å². The Balaban J connectivity index is 0.000000213. The average molecular weight is 163 g/mol. The standard InChI is InChI=1S/C8H6O.BH2O2/c1-2-7-4-5-9-6-8(7)3-1;2-1-3/h1-6H;2-3H. The SMILES string of the molecule is O[B]O.c1cc2ccocc-2c1. The lowest BCUT2D eigenvalue weighted by Gasteiger charge is -1.91. The highest BCUT2D eigenvalue weighted by molar-refractivity contribution is 6.13. The summed E-state index contributed by atoms with van der Waals surface area (Å²) >= 11 is 0. The molecule has 0 aromatic carbocycles. The third-order valence-corrected chi connectivity index (χ3v) is 1.41. The first-order chi connectivity index (χ1) is 5.88. The molecule has 0 aromatic rings. The quantitative estimate of drug-likeness (QED) is 0.567. The van der Waals surface area contributed by atoms with Gasteiger partial charge in [0.25, 0.3) is 0 Å². The monoisotopic (exact) mass is 163 g/mol. The van der Waals surface area contributed by atoms with Crippen molar-refractivity contribution in [3.8, 4) is 11.1 Å². The number of fused-ring (bicyclic) bond motifs is 1. The van der Waals surface area contributed by atoms with Crippen molar-refractivity contribution < 1.29 is 14.5 Å². The van der Waals surface area contributed by atoms with Gasteiger partial charge in [0.2, 0.25) is 0 Å². The second-order valence-corrected chi connectivity index (χ2v) is 2.11. The van der Waals surface area contributed by atoms with Crippen LogP contribution in [0.25, 0.3) is 11.1 Å². The third kappa shape index (κ3) is 2.12. The van der Waals surface area contributed by atoms with Crippen molar-refractivity contribution in [1.82, 2.24) is 0 Å². The van der Waals surface area contributed by atoms with Gasteiger partial charge in [0.05, 0.1) is 12.5 Å². The molecule has 0 amide bonds. The highest BCUT2D eigenvalue weighted by Gasteiger charge is 1.97. The van der Waals surface area contributed by atoms with Crippen molar-refractivity contribution in [2.24, 2.45) is 0 Å². The Morgan fingerprint density at radius 1 is 1.08 bits per heavy atom. The smallest absolute Gasteiger partial charge is 0.472 e. The Morgan fingerprint density at radius 3 is 2.42 bits per heavy atom. The highest BCUT2D eigenvalue weighted by atomic mass is 16.4. The maximum atomic E-state index is 7.00. The summed E-state index contributed by atoms with van der Waals surface area (Å²) in [5.74, 6) is 0. The average Bonchev–Trinajstić information content (AvgIpc) is 2.52. The van der Waals surface area contributed by atoms with Gasteiger partial charge in [0, 0.05) is 5.56 Å². The van der Waals surface area contributed by atoms with Gasteiger partial charge in [-0.05, 0) is 11.6 Å².